The Hall–Kier alpha value is -2.04. The van der Waals surface area contributed by atoms with Gasteiger partial charge in [-0.2, -0.15) is 0 Å². The Kier molecular flexibility index (Phi) is 4.87. The fourth-order valence-electron chi connectivity index (χ4n) is 4.88. The van der Waals surface area contributed by atoms with Crippen molar-refractivity contribution in [3.8, 4) is 5.75 Å². The van der Waals surface area contributed by atoms with E-state index in [4.69, 9.17) is 4.74 Å². The molecular formula is C22H30N2O3. The van der Waals surface area contributed by atoms with Gasteiger partial charge in [-0.15, -0.1) is 0 Å². The number of amides is 2. The average Bonchev–Trinajstić information content (AvgIpc) is 3.49. The second-order valence-corrected chi connectivity index (χ2v) is 8.53. The monoisotopic (exact) mass is 370 g/mol. The van der Waals surface area contributed by atoms with Gasteiger partial charge in [-0.1, -0.05) is 25.3 Å². The van der Waals surface area contributed by atoms with Gasteiger partial charge in [-0.25, -0.2) is 0 Å². The van der Waals surface area contributed by atoms with Crippen LogP contribution in [0.5, 0.6) is 5.75 Å². The molecule has 1 aromatic rings. The van der Waals surface area contributed by atoms with E-state index in [0.717, 1.165) is 37.8 Å². The van der Waals surface area contributed by atoms with Crippen LogP contribution in [0.25, 0.3) is 0 Å². The number of carbonyl (C=O) groups is 2. The topological polar surface area (TPSA) is 49.9 Å². The molecule has 5 heteroatoms. The summed E-state index contributed by atoms with van der Waals surface area (Å²) < 4.78 is 5.38. The molecule has 0 N–H and O–H groups in total. The summed E-state index contributed by atoms with van der Waals surface area (Å²) >= 11 is 0. The summed E-state index contributed by atoms with van der Waals surface area (Å²) in [5.74, 6) is 1.47. The minimum Gasteiger partial charge on any atom is -0.496 e. The molecule has 2 amide bonds. The van der Waals surface area contributed by atoms with Crippen molar-refractivity contribution >= 4 is 11.8 Å². The van der Waals surface area contributed by atoms with Crippen molar-refractivity contribution in [1.82, 2.24) is 9.80 Å². The first-order chi connectivity index (χ1) is 13.0. The predicted octanol–water partition coefficient (Wildman–Crippen LogP) is 3.40. The van der Waals surface area contributed by atoms with Gasteiger partial charge in [0.15, 0.2) is 0 Å². The SMILES string of the molecule is COc1cccc(C(=O)N2CC(=O)N(CC3CC3)C3(CCCCC3)C2)c1C. The van der Waals surface area contributed by atoms with Gasteiger partial charge >= 0.3 is 0 Å². The van der Waals surface area contributed by atoms with Gasteiger partial charge in [0.2, 0.25) is 5.91 Å². The van der Waals surface area contributed by atoms with Crippen molar-refractivity contribution in [2.75, 3.05) is 26.7 Å². The number of nitrogens with zero attached hydrogens (tertiary/aromatic N) is 2. The van der Waals surface area contributed by atoms with Crippen molar-refractivity contribution in [2.45, 2.75) is 57.4 Å². The Morgan fingerprint density at radius 1 is 1.22 bits per heavy atom. The molecule has 4 rings (SSSR count). The number of hydrogen-bond donors (Lipinski definition) is 0. The summed E-state index contributed by atoms with van der Waals surface area (Å²) in [7, 11) is 1.62. The molecule has 0 unspecified atom stereocenters. The maximum absolute atomic E-state index is 13.3. The van der Waals surface area contributed by atoms with Crippen LogP contribution in [0, 0.1) is 12.8 Å². The van der Waals surface area contributed by atoms with E-state index in [1.165, 1.54) is 19.3 Å². The lowest BCUT2D eigenvalue weighted by atomic mass is 9.78. The summed E-state index contributed by atoms with van der Waals surface area (Å²) in [4.78, 5) is 30.3. The second-order valence-electron chi connectivity index (χ2n) is 8.53. The molecule has 2 saturated carbocycles. The lowest BCUT2D eigenvalue weighted by Gasteiger charge is -2.52. The number of benzene rings is 1. The smallest absolute Gasteiger partial charge is 0.254 e. The van der Waals surface area contributed by atoms with Crippen LogP contribution in [-0.4, -0.2) is 53.9 Å². The molecule has 27 heavy (non-hydrogen) atoms. The lowest BCUT2D eigenvalue weighted by Crippen LogP contribution is -2.66. The third kappa shape index (κ3) is 3.44. The molecule has 2 aliphatic carbocycles. The van der Waals surface area contributed by atoms with E-state index in [0.29, 0.717) is 23.8 Å². The quantitative estimate of drug-likeness (QED) is 0.816. The fourth-order valence-corrected chi connectivity index (χ4v) is 4.88. The Labute approximate surface area is 161 Å². The third-order valence-corrected chi connectivity index (χ3v) is 6.63. The van der Waals surface area contributed by atoms with Gasteiger partial charge in [0, 0.05) is 24.2 Å². The van der Waals surface area contributed by atoms with Crippen molar-refractivity contribution in [1.29, 1.82) is 0 Å². The van der Waals surface area contributed by atoms with Crippen molar-refractivity contribution in [3.05, 3.63) is 29.3 Å². The van der Waals surface area contributed by atoms with Gasteiger partial charge in [-0.3, -0.25) is 9.59 Å². The predicted molar refractivity (Wildman–Crippen MR) is 104 cm³/mol. The highest BCUT2D eigenvalue weighted by atomic mass is 16.5. The zero-order valence-electron chi connectivity index (χ0n) is 16.5. The van der Waals surface area contributed by atoms with Gasteiger partial charge < -0.3 is 14.5 Å². The molecule has 3 fully saturated rings. The zero-order valence-corrected chi connectivity index (χ0v) is 16.5. The number of rotatable bonds is 4. The van der Waals surface area contributed by atoms with Gasteiger partial charge in [-0.05, 0) is 50.7 Å². The van der Waals surface area contributed by atoms with Crippen LogP contribution in [0.2, 0.25) is 0 Å². The van der Waals surface area contributed by atoms with Gasteiger partial charge in [0.1, 0.15) is 12.3 Å². The van der Waals surface area contributed by atoms with E-state index in [2.05, 4.69) is 4.90 Å². The maximum Gasteiger partial charge on any atom is 0.254 e. The van der Waals surface area contributed by atoms with Crippen LogP contribution in [0.15, 0.2) is 18.2 Å². The molecule has 1 spiro atoms. The Morgan fingerprint density at radius 2 is 1.96 bits per heavy atom. The molecule has 5 nitrogen and oxygen atoms in total. The van der Waals surface area contributed by atoms with Crippen LogP contribution in [-0.2, 0) is 4.79 Å². The van der Waals surface area contributed by atoms with Gasteiger partial charge in [0.25, 0.3) is 5.91 Å². The highest BCUT2D eigenvalue weighted by Crippen LogP contribution is 2.41. The number of carbonyl (C=O) groups excluding carboxylic acids is 2. The van der Waals surface area contributed by atoms with Crippen LogP contribution < -0.4 is 4.74 Å². The van der Waals surface area contributed by atoms with E-state index < -0.39 is 0 Å². The van der Waals surface area contributed by atoms with Crippen LogP contribution in [0.1, 0.15) is 60.9 Å². The summed E-state index contributed by atoms with van der Waals surface area (Å²) in [6, 6.07) is 5.56. The fraction of sp³-hybridized carbons (Fsp3) is 0.636. The number of methoxy groups -OCH3 is 1. The second kappa shape index (κ2) is 7.17. The molecule has 146 valence electrons. The molecule has 0 bridgehead atoms. The Bertz CT molecular complexity index is 735. The molecule has 1 heterocycles. The van der Waals surface area contributed by atoms with Crippen molar-refractivity contribution in [3.63, 3.8) is 0 Å². The highest BCUT2D eigenvalue weighted by molar-refractivity contribution is 5.99. The first kappa shape index (κ1) is 18.3. The average molecular weight is 370 g/mol. The molecule has 1 aromatic carbocycles. The molecule has 1 saturated heterocycles. The normalized spacial score (nSPS) is 22.2. The van der Waals surface area contributed by atoms with E-state index in [1.807, 2.05) is 25.1 Å². The highest BCUT2D eigenvalue weighted by Gasteiger charge is 2.48. The molecule has 1 aliphatic heterocycles. The van der Waals surface area contributed by atoms with Crippen LogP contribution >= 0.6 is 0 Å². The first-order valence-electron chi connectivity index (χ1n) is 10.3. The third-order valence-electron chi connectivity index (χ3n) is 6.63. The Balaban J connectivity index is 1.61. The van der Waals surface area contributed by atoms with Crippen LogP contribution in [0.3, 0.4) is 0 Å². The minimum absolute atomic E-state index is 0.0456. The molecular weight excluding hydrogens is 340 g/mol. The molecule has 0 aromatic heterocycles. The van der Waals surface area contributed by atoms with Crippen molar-refractivity contribution < 1.29 is 14.3 Å². The number of hydrogen-bond acceptors (Lipinski definition) is 3. The maximum atomic E-state index is 13.3. The van der Waals surface area contributed by atoms with E-state index >= 15 is 0 Å². The largest absolute Gasteiger partial charge is 0.496 e. The minimum atomic E-state index is -0.154. The summed E-state index contributed by atoms with van der Waals surface area (Å²) in [6.07, 6.45) is 8.05. The summed E-state index contributed by atoms with van der Waals surface area (Å²) in [5, 5.41) is 0. The molecule has 0 radical (unpaired) electrons. The zero-order chi connectivity index (χ0) is 19.0. The van der Waals surface area contributed by atoms with E-state index in [-0.39, 0.29) is 23.9 Å². The molecule has 3 aliphatic rings. The number of ether oxygens (including phenoxy) is 1. The summed E-state index contributed by atoms with van der Waals surface area (Å²) in [6.45, 7) is 3.66. The summed E-state index contributed by atoms with van der Waals surface area (Å²) in [5.41, 5.74) is 1.33. The number of piperazine rings is 1. The van der Waals surface area contributed by atoms with E-state index in [9.17, 15) is 9.59 Å². The van der Waals surface area contributed by atoms with Crippen LogP contribution in [0.4, 0.5) is 0 Å². The van der Waals surface area contributed by atoms with Crippen molar-refractivity contribution in [2.24, 2.45) is 5.92 Å². The molecule has 0 atom stereocenters. The van der Waals surface area contributed by atoms with Gasteiger partial charge in [0.05, 0.1) is 12.6 Å². The first-order valence-corrected chi connectivity index (χ1v) is 10.3. The van der Waals surface area contributed by atoms with E-state index in [1.54, 1.807) is 12.0 Å². The Morgan fingerprint density at radius 3 is 2.63 bits per heavy atom. The lowest BCUT2D eigenvalue weighted by molar-refractivity contribution is -0.147. The standard InChI is InChI=1S/C22H30N2O3/c1-16-18(7-6-8-19(16)27-2)21(26)23-14-20(25)24(13-17-9-10-17)22(15-23)11-4-3-5-12-22/h6-8,17H,3-5,9-15H2,1-2H3.